The van der Waals surface area contributed by atoms with E-state index in [1.54, 1.807) is 13.4 Å². The Balaban J connectivity index is 1.72. The summed E-state index contributed by atoms with van der Waals surface area (Å²) in [6, 6.07) is 15.8. The Morgan fingerprint density at radius 3 is 2.41 bits per heavy atom. The normalized spacial score (nSPS) is 12.5. The Bertz CT molecular complexity index is 1200. The molecular weight excluding hydrogens is 428 g/mol. The number of nitrogens with two attached hydrogens (primary N) is 1. The van der Waals surface area contributed by atoms with E-state index < -0.39 is 0 Å². The highest BCUT2D eigenvalue weighted by Gasteiger charge is 2.16. The van der Waals surface area contributed by atoms with E-state index in [0.29, 0.717) is 29.3 Å². The van der Waals surface area contributed by atoms with Gasteiger partial charge in [-0.1, -0.05) is 48.5 Å². The fourth-order valence-electron chi connectivity index (χ4n) is 3.21. The summed E-state index contributed by atoms with van der Waals surface area (Å²) < 4.78 is 13.3. The van der Waals surface area contributed by atoms with Crippen molar-refractivity contribution in [2.45, 2.75) is 13.3 Å². The van der Waals surface area contributed by atoms with Crippen molar-refractivity contribution in [1.29, 1.82) is 0 Å². The van der Waals surface area contributed by atoms with Gasteiger partial charge < -0.3 is 19.8 Å². The molecule has 0 spiro atoms. The summed E-state index contributed by atoms with van der Waals surface area (Å²) in [7, 11) is 5.14. The molecule has 0 saturated carbocycles. The first kappa shape index (κ1) is 24.4. The van der Waals surface area contributed by atoms with Crippen LogP contribution in [-0.2, 0) is 18.2 Å². The zero-order chi connectivity index (χ0) is 24.5. The maximum atomic E-state index is 5.92. The average molecular weight is 459 g/mol. The molecule has 0 saturated heterocycles. The van der Waals surface area contributed by atoms with Gasteiger partial charge in [-0.25, -0.2) is 4.99 Å². The summed E-state index contributed by atoms with van der Waals surface area (Å²) in [5.74, 6) is 1.94. The highest BCUT2D eigenvalue weighted by Crippen LogP contribution is 2.19. The van der Waals surface area contributed by atoms with Crippen LogP contribution in [0.15, 0.2) is 83.2 Å². The van der Waals surface area contributed by atoms with Crippen LogP contribution < -0.4 is 10.5 Å². The molecule has 0 unspecified atom stereocenters. The standard InChI is InChI=1S/C26H30N6O2/c1-18-6-12-22(13-7-18)34-16-24(28-3)23(15-27)26(33-5)30-19(2)21-10-8-20(9-11-21)14-25-31-29-17-32(25)4/h6-13,15,17H,2,14,16,27H2,1,3-5H3/b23-15+,28-24?,30-26?. The van der Waals surface area contributed by atoms with Crippen LogP contribution in [0.25, 0.3) is 5.70 Å². The van der Waals surface area contributed by atoms with Crippen molar-refractivity contribution in [1.82, 2.24) is 14.8 Å². The zero-order valence-corrected chi connectivity index (χ0v) is 20.0. The van der Waals surface area contributed by atoms with Gasteiger partial charge in [0.1, 0.15) is 24.5 Å². The molecule has 8 heteroatoms. The van der Waals surface area contributed by atoms with E-state index in [1.807, 2.05) is 67.1 Å². The third-order valence-corrected chi connectivity index (χ3v) is 5.26. The molecule has 0 aliphatic carbocycles. The van der Waals surface area contributed by atoms with Gasteiger partial charge in [0.15, 0.2) is 0 Å². The van der Waals surface area contributed by atoms with E-state index in [4.69, 9.17) is 15.2 Å². The molecule has 0 fully saturated rings. The lowest BCUT2D eigenvalue weighted by molar-refractivity contribution is 0.375. The Labute approximate surface area is 200 Å². The number of hydrogen-bond acceptors (Lipinski definition) is 7. The first-order valence-electron chi connectivity index (χ1n) is 10.8. The van der Waals surface area contributed by atoms with Gasteiger partial charge >= 0.3 is 0 Å². The molecule has 3 aromatic rings. The number of methoxy groups -OCH3 is 1. The van der Waals surface area contributed by atoms with E-state index in [0.717, 1.165) is 28.3 Å². The van der Waals surface area contributed by atoms with Gasteiger partial charge in [-0.05, 0) is 30.2 Å². The van der Waals surface area contributed by atoms with Gasteiger partial charge in [-0.15, -0.1) is 10.2 Å². The van der Waals surface area contributed by atoms with Crippen LogP contribution >= 0.6 is 0 Å². The number of rotatable bonds is 9. The maximum absolute atomic E-state index is 5.92. The molecule has 1 aromatic heterocycles. The van der Waals surface area contributed by atoms with Gasteiger partial charge in [0.25, 0.3) is 0 Å². The largest absolute Gasteiger partial charge is 0.487 e. The van der Waals surface area contributed by atoms with Crippen molar-refractivity contribution in [2.75, 3.05) is 20.8 Å². The second-order valence-electron chi connectivity index (χ2n) is 7.65. The first-order valence-corrected chi connectivity index (χ1v) is 10.8. The van der Waals surface area contributed by atoms with Crippen molar-refractivity contribution >= 4 is 17.3 Å². The average Bonchev–Trinajstić information content (AvgIpc) is 3.26. The maximum Gasteiger partial charge on any atom is 0.224 e. The molecule has 0 amide bonds. The van der Waals surface area contributed by atoms with E-state index in [1.165, 1.54) is 13.3 Å². The quantitative estimate of drug-likeness (QED) is 0.389. The lowest BCUT2D eigenvalue weighted by Crippen LogP contribution is -2.22. The van der Waals surface area contributed by atoms with Crippen molar-refractivity contribution in [3.63, 3.8) is 0 Å². The monoisotopic (exact) mass is 458 g/mol. The number of nitrogens with zero attached hydrogens (tertiary/aromatic N) is 5. The van der Waals surface area contributed by atoms with E-state index in [9.17, 15) is 0 Å². The Hall–Kier alpha value is -4.20. The minimum Gasteiger partial charge on any atom is -0.487 e. The summed E-state index contributed by atoms with van der Waals surface area (Å²) in [6.07, 6.45) is 3.79. The van der Waals surface area contributed by atoms with Crippen molar-refractivity contribution < 1.29 is 9.47 Å². The molecule has 0 aliphatic heterocycles. The number of aromatic nitrogens is 3. The van der Waals surface area contributed by atoms with Crippen LogP contribution in [0.3, 0.4) is 0 Å². The molecule has 8 nitrogen and oxygen atoms in total. The van der Waals surface area contributed by atoms with Crippen LogP contribution in [0.4, 0.5) is 0 Å². The number of aryl methyl sites for hydroxylation is 2. The summed E-state index contributed by atoms with van der Waals surface area (Å²) in [4.78, 5) is 8.91. The molecule has 34 heavy (non-hydrogen) atoms. The molecular formula is C26H30N6O2. The lowest BCUT2D eigenvalue weighted by Gasteiger charge is -2.14. The Morgan fingerprint density at radius 2 is 1.85 bits per heavy atom. The van der Waals surface area contributed by atoms with Gasteiger partial charge in [-0.3, -0.25) is 4.99 Å². The fraction of sp³-hybridized carbons (Fsp3) is 0.231. The lowest BCUT2D eigenvalue weighted by atomic mass is 10.1. The molecule has 1 heterocycles. The predicted octanol–water partition coefficient (Wildman–Crippen LogP) is 3.72. The van der Waals surface area contributed by atoms with Gasteiger partial charge in [0.2, 0.25) is 5.90 Å². The topological polar surface area (TPSA) is 99.9 Å². The van der Waals surface area contributed by atoms with Crippen LogP contribution in [0.2, 0.25) is 0 Å². The molecule has 176 valence electrons. The second kappa shape index (κ2) is 11.6. The van der Waals surface area contributed by atoms with Gasteiger partial charge in [-0.2, -0.15) is 0 Å². The fourth-order valence-corrected chi connectivity index (χ4v) is 3.21. The van der Waals surface area contributed by atoms with Crippen LogP contribution in [0.5, 0.6) is 5.75 Å². The number of hydrogen-bond donors (Lipinski definition) is 1. The Morgan fingerprint density at radius 1 is 1.15 bits per heavy atom. The number of ether oxygens (including phenoxy) is 2. The van der Waals surface area contributed by atoms with Gasteiger partial charge in [0, 0.05) is 26.7 Å². The molecule has 3 rings (SSSR count). The highest BCUT2D eigenvalue weighted by atomic mass is 16.5. The molecule has 0 atom stereocenters. The Kier molecular flexibility index (Phi) is 8.34. The predicted molar refractivity (Wildman–Crippen MR) is 136 cm³/mol. The summed E-state index contributed by atoms with van der Waals surface area (Å²) in [5, 5.41) is 8.05. The molecule has 0 aliphatic rings. The third kappa shape index (κ3) is 6.19. The number of aliphatic imine (C=N–C) groups is 2. The van der Waals surface area contributed by atoms with Crippen molar-refractivity contribution in [3.05, 3.63) is 95.7 Å². The molecule has 0 bridgehead atoms. The highest BCUT2D eigenvalue weighted by molar-refractivity contribution is 6.22. The summed E-state index contributed by atoms with van der Waals surface area (Å²) >= 11 is 0. The first-order chi connectivity index (χ1) is 16.4. The third-order valence-electron chi connectivity index (χ3n) is 5.26. The SMILES string of the molecule is C=C(N=C(OC)/C(=C/N)C(COc1ccc(C)cc1)=NC)c1ccc(Cc2nncn2C)cc1. The van der Waals surface area contributed by atoms with E-state index in [2.05, 4.69) is 26.8 Å². The van der Waals surface area contributed by atoms with E-state index in [-0.39, 0.29) is 6.61 Å². The van der Waals surface area contributed by atoms with E-state index >= 15 is 0 Å². The summed E-state index contributed by atoms with van der Waals surface area (Å²) in [5.41, 5.74) is 10.7. The molecule has 2 aromatic carbocycles. The second-order valence-corrected chi connectivity index (χ2v) is 7.65. The summed E-state index contributed by atoms with van der Waals surface area (Å²) in [6.45, 7) is 6.34. The van der Waals surface area contributed by atoms with Crippen LogP contribution in [-0.4, -0.2) is 47.1 Å². The minimum absolute atomic E-state index is 0.216. The minimum atomic E-state index is 0.216. The van der Waals surface area contributed by atoms with Crippen molar-refractivity contribution in [3.8, 4) is 5.75 Å². The van der Waals surface area contributed by atoms with Crippen LogP contribution in [0, 0.1) is 6.92 Å². The zero-order valence-electron chi connectivity index (χ0n) is 20.0. The molecule has 2 N–H and O–H groups in total. The van der Waals surface area contributed by atoms with Crippen LogP contribution in [0.1, 0.15) is 22.5 Å². The smallest absolute Gasteiger partial charge is 0.224 e. The number of benzene rings is 2. The van der Waals surface area contributed by atoms with Crippen molar-refractivity contribution in [2.24, 2.45) is 22.8 Å². The van der Waals surface area contributed by atoms with Gasteiger partial charge in [0.05, 0.1) is 24.1 Å². The molecule has 0 radical (unpaired) electrons.